The van der Waals surface area contributed by atoms with E-state index in [2.05, 4.69) is 123 Å². The van der Waals surface area contributed by atoms with E-state index in [1.807, 2.05) is 18.5 Å². The molecule has 0 bridgehead atoms. The minimum Gasteiger partial charge on any atom is -0.395 e. The number of benzene rings is 2. The molecule has 1 fully saturated rings. The molecule has 10 nitrogen and oxygen atoms in total. The van der Waals surface area contributed by atoms with Crippen LogP contribution in [0.1, 0.15) is 65.4 Å². The summed E-state index contributed by atoms with van der Waals surface area (Å²) in [5.74, 6) is 1.10. The Morgan fingerprint density at radius 2 is 1.53 bits per heavy atom. The van der Waals surface area contributed by atoms with Crippen LogP contribution in [0.15, 0.2) is 79.4 Å². The molecule has 2 aromatic carbocycles. The van der Waals surface area contributed by atoms with Gasteiger partial charge in [-0.05, 0) is 118 Å². The Labute approximate surface area is 310 Å². The maximum Gasteiger partial charge on any atom is 0.227 e. The van der Waals surface area contributed by atoms with Crippen molar-refractivity contribution in [1.82, 2.24) is 35.1 Å². The van der Waals surface area contributed by atoms with Crippen LogP contribution in [-0.2, 0) is 6.54 Å². The van der Waals surface area contributed by atoms with Crippen LogP contribution >= 0.6 is 23.6 Å². The summed E-state index contributed by atoms with van der Waals surface area (Å²) in [4.78, 5) is 26.4. The number of aromatic nitrogens is 5. The van der Waals surface area contributed by atoms with Gasteiger partial charge in [-0.1, -0.05) is 43.8 Å². The summed E-state index contributed by atoms with van der Waals surface area (Å²) >= 11 is 7.01. The molecule has 0 spiro atoms. The predicted molar refractivity (Wildman–Crippen MR) is 213 cm³/mol. The van der Waals surface area contributed by atoms with E-state index in [-0.39, 0.29) is 12.6 Å². The fourth-order valence-corrected chi connectivity index (χ4v) is 6.99. The summed E-state index contributed by atoms with van der Waals surface area (Å²) < 4.78 is 0. The summed E-state index contributed by atoms with van der Waals surface area (Å²) in [6.07, 6.45) is 13.7. The topological polar surface area (TPSA) is 124 Å². The van der Waals surface area contributed by atoms with E-state index in [0.717, 1.165) is 60.8 Å². The van der Waals surface area contributed by atoms with Crippen molar-refractivity contribution < 1.29 is 5.11 Å². The molecule has 0 radical (unpaired) electrons. The summed E-state index contributed by atoms with van der Waals surface area (Å²) in [6.45, 7) is 12.5. The van der Waals surface area contributed by atoms with Crippen LogP contribution in [0.5, 0.6) is 0 Å². The van der Waals surface area contributed by atoms with Crippen molar-refractivity contribution in [2.45, 2.75) is 72.9 Å². The number of unbranched alkanes of at least 4 members (excludes halogenated alkanes) is 1. The quantitative estimate of drug-likeness (QED) is 0.0930. The highest BCUT2D eigenvalue weighted by Gasteiger charge is 2.24. The maximum absolute atomic E-state index is 9.51. The molecule has 1 saturated heterocycles. The second-order valence-corrected chi connectivity index (χ2v) is 14.3. The van der Waals surface area contributed by atoms with E-state index < -0.39 is 0 Å². The number of nitrogens with one attached hydrogen (secondary N) is 3. The second kappa shape index (κ2) is 18.6. The highest BCUT2D eigenvalue weighted by atomic mass is 32.1. The number of aliphatic hydroxyl groups is 1. The van der Waals surface area contributed by atoms with Crippen LogP contribution in [0.2, 0.25) is 0 Å². The number of aliphatic hydroxyl groups excluding tert-OH is 1. The van der Waals surface area contributed by atoms with Crippen LogP contribution in [0.25, 0.3) is 10.7 Å². The molecule has 0 amide bonds. The van der Waals surface area contributed by atoms with Gasteiger partial charge >= 0.3 is 0 Å². The number of aryl methyl sites for hydroxylation is 4. The standard InChI is InChI=1S/C21H25N5OS.C18H22N4S/c1-14-8-15(2)10-16(9-14)24-21-22-6-5-19(25-21)20-23-11-18(28-20)12-26-7-3-4-17(26)13-27;1-4-5-6-8-19-17(23)16-7-9-20-18(22-16)21-15-11-13(2)10-14(3)12-15/h5-6,8-11,17,27H,3-4,7,12-13H2,1-2H3,(H,22,24,25);6-12H,4-5H2,1-3H3,(H,19,23)(H,20,21,22)/b;8-6+. The summed E-state index contributed by atoms with van der Waals surface area (Å²) in [5, 5.41) is 20.0. The van der Waals surface area contributed by atoms with Crippen molar-refractivity contribution in [3.63, 3.8) is 0 Å². The zero-order chi connectivity index (χ0) is 36.2. The van der Waals surface area contributed by atoms with Crippen LogP contribution in [0.4, 0.5) is 23.3 Å². The lowest BCUT2D eigenvalue weighted by Gasteiger charge is -2.21. The van der Waals surface area contributed by atoms with Crippen LogP contribution < -0.4 is 16.0 Å². The minimum atomic E-state index is 0.227. The van der Waals surface area contributed by atoms with Crippen molar-refractivity contribution in [3.05, 3.63) is 112 Å². The predicted octanol–water partition coefficient (Wildman–Crippen LogP) is 8.33. The van der Waals surface area contributed by atoms with Crippen molar-refractivity contribution in [2.24, 2.45) is 0 Å². The van der Waals surface area contributed by atoms with Crippen LogP contribution in [-0.4, -0.2) is 59.1 Å². The smallest absolute Gasteiger partial charge is 0.227 e. The average Bonchev–Trinajstić information content (AvgIpc) is 3.76. The van der Waals surface area contributed by atoms with Gasteiger partial charge in [0.25, 0.3) is 0 Å². The molecule has 6 rings (SSSR count). The lowest BCUT2D eigenvalue weighted by Crippen LogP contribution is -2.31. The lowest BCUT2D eigenvalue weighted by atomic mass is 10.1. The zero-order valence-corrected chi connectivity index (χ0v) is 31.6. The largest absolute Gasteiger partial charge is 0.395 e. The molecule has 0 aliphatic carbocycles. The van der Waals surface area contributed by atoms with Crippen LogP contribution in [0.3, 0.4) is 0 Å². The molecular weight excluding hydrogens is 675 g/mol. The number of nitrogens with zero attached hydrogens (tertiary/aromatic N) is 6. The fraction of sp³-hybridized carbons (Fsp3) is 0.333. The maximum atomic E-state index is 9.51. The molecule has 1 aliphatic rings. The molecule has 1 atom stereocenters. The van der Waals surface area contributed by atoms with E-state index in [9.17, 15) is 5.11 Å². The number of hydrogen-bond acceptors (Lipinski definition) is 11. The molecular formula is C39H47N9OS2. The van der Waals surface area contributed by atoms with E-state index in [1.165, 1.54) is 27.1 Å². The summed E-state index contributed by atoms with van der Waals surface area (Å²) in [6, 6.07) is 16.5. The molecule has 3 aromatic heterocycles. The third-order valence-corrected chi connectivity index (χ3v) is 9.46. The van der Waals surface area contributed by atoms with Gasteiger partial charge in [0.05, 0.1) is 6.61 Å². The molecule has 1 aliphatic heterocycles. The number of hydrogen-bond donors (Lipinski definition) is 4. The molecule has 5 aromatic rings. The first-order valence-electron chi connectivity index (χ1n) is 17.3. The van der Waals surface area contributed by atoms with E-state index in [0.29, 0.717) is 22.6 Å². The normalized spacial score (nSPS) is 14.3. The zero-order valence-electron chi connectivity index (χ0n) is 30.0. The van der Waals surface area contributed by atoms with Crippen molar-refractivity contribution in [3.8, 4) is 10.7 Å². The Balaban J connectivity index is 0.000000202. The summed E-state index contributed by atoms with van der Waals surface area (Å²) in [7, 11) is 0. The Kier molecular flexibility index (Phi) is 13.7. The summed E-state index contributed by atoms with van der Waals surface area (Å²) in [5.41, 5.74) is 8.27. The Morgan fingerprint density at radius 3 is 2.16 bits per heavy atom. The third-order valence-electron chi connectivity index (χ3n) is 8.13. The van der Waals surface area contributed by atoms with E-state index in [4.69, 9.17) is 12.2 Å². The molecule has 12 heteroatoms. The first-order chi connectivity index (χ1) is 24.7. The van der Waals surface area contributed by atoms with Gasteiger partial charge in [-0.3, -0.25) is 4.90 Å². The van der Waals surface area contributed by atoms with E-state index in [1.54, 1.807) is 29.8 Å². The number of thiocarbonyl (C=S) groups is 1. The fourth-order valence-electron chi connectivity index (χ4n) is 5.90. The van der Waals surface area contributed by atoms with Crippen LogP contribution in [0, 0.1) is 27.7 Å². The lowest BCUT2D eigenvalue weighted by molar-refractivity contribution is 0.154. The molecule has 4 N–H and O–H groups in total. The number of likely N-dealkylation sites (tertiary alicyclic amines) is 1. The first kappa shape index (κ1) is 37.6. The number of anilines is 4. The Morgan fingerprint density at radius 1 is 0.902 bits per heavy atom. The van der Waals surface area contributed by atoms with Crippen molar-refractivity contribution >= 4 is 51.8 Å². The molecule has 0 saturated carbocycles. The van der Waals surface area contributed by atoms with Gasteiger partial charge in [-0.15, -0.1) is 11.3 Å². The minimum absolute atomic E-state index is 0.227. The Bertz CT molecular complexity index is 1900. The van der Waals surface area contributed by atoms with Gasteiger partial charge in [0.1, 0.15) is 21.4 Å². The Hall–Kier alpha value is -4.62. The third kappa shape index (κ3) is 11.4. The van der Waals surface area contributed by atoms with Crippen molar-refractivity contribution in [1.29, 1.82) is 0 Å². The average molecular weight is 722 g/mol. The molecule has 51 heavy (non-hydrogen) atoms. The second-order valence-electron chi connectivity index (χ2n) is 12.8. The van der Waals surface area contributed by atoms with E-state index >= 15 is 0 Å². The highest BCUT2D eigenvalue weighted by molar-refractivity contribution is 7.80. The number of rotatable bonds is 12. The van der Waals surface area contributed by atoms with Gasteiger partial charge < -0.3 is 21.1 Å². The van der Waals surface area contributed by atoms with Gasteiger partial charge in [-0.25, -0.2) is 24.9 Å². The molecule has 1 unspecified atom stereocenters. The monoisotopic (exact) mass is 721 g/mol. The first-order valence-corrected chi connectivity index (χ1v) is 18.5. The van der Waals surface area contributed by atoms with Gasteiger partial charge in [0.2, 0.25) is 11.9 Å². The van der Waals surface area contributed by atoms with Gasteiger partial charge in [-0.2, -0.15) is 0 Å². The number of allylic oxidation sites excluding steroid dienone is 1. The van der Waals surface area contributed by atoms with Crippen molar-refractivity contribution in [2.75, 3.05) is 23.8 Å². The van der Waals surface area contributed by atoms with Gasteiger partial charge in [0.15, 0.2) is 0 Å². The highest BCUT2D eigenvalue weighted by Crippen LogP contribution is 2.28. The molecule has 4 heterocycles. The molecule has 266 valence electrons. The van der Waals surface area contributed by atoms with Gasteiger partial charge in [0, 0.05) is 47.4 Å². The SMILES string of the molecule is CCC/C=C/NC(=S)c1ccnc(Nc2cc(C)cc(C)c2)n1.Cc1cc(C)cc(Nc2nccc(-c3ncc(CN4CCCC4CO)s3)n2)c1. The number of thiazole rings is 1.